The van der Waals surface area contributed by atoms with Crippen molar-refractivity contribution in [1.82, 2.24) is 10.6 Å². The molecule has 1 heterocycles. The number of ether oxygens (including phenoxy) is 1. The lowest BCUT2D eigenvalue weighted by Crippen LogP contribution is -2.43. The van der Waals surface area contributed by atoms with Crippen molar-refractivity contribution in [3.05, 3.63) is 48.0 Å². The van der Waals surface area contributed by atoms with Crippen molar-refractivity contribution in [3.8, 4) is 0 Å². The van der Waals surface area contributed by atoms with Gasteiger partial charge < -0.3 is 15.4 Å². The highest BCUT2D eigenvalue weighted by Crippen LogP contribution is 2.18. The predicted octanol–water partition coefficient (Wildman–Crippen LogP) is 2.04. The summed E-state index contributed by atoms with van der Waals surface area (Å²) in [4.78, 5) is 24.3. The molecule has 2 unspecified atom stereocenters. The number of amides is 1. The van der Waals surface area contributed by atoms with Gasteiger partial charge in [-0.15, -0.1) is 0 Å². The van der Waals surface area contributed by atoms with Crippen molar-refractivity contribution in [2.45, 2.75) is 25.3 Å². The zero-order chi connectivity index (χ0) is 17.6. The number of nitrogens with one attached hydrogen (secondary N) is 2. The van der Waals surface area contributed by atoms with E-state index in [1.807, 2.05) is 18.2 Å². The van der Waals surface area contributed by atoms with E-state index >= 15 is 0 Å². The van der Waals surface area contributed by atoms with Gasteiger partial charge in [-0.2, -0.15) is 0 Å². The van der Waals surface area contributed by atoms with Crippen molar-refractivity contribution in [1.29, 1.82) is 0 Å². The Morgan fingerprint density at radius 3 is 2.76 bits per heavy atom. The van der Waals surface area contributed by atoms with Crippen molar-refractivity contribution < 1.29 is 14.3 Å². The summed E-state index contributed by atoms with van der Waals surface area (Å²) in [5, 5.41) is 8.37. The second-order valence-electron chi connectivity index (χ2n) is 6.50. The normalized spacial score (nSPS) is 18.0. The molecular formula is C20H24N2O3. The molecule has 0 aromatic heterocycles. The molecule has 1 fully saturated rings. The summed E-state index contributed by atoms with van der Waals surface area (Å²) < 4.78 is 4.92. The van der Waals surface area contributed by atoms with Crippen LogP contribution in [0.5, 0.6) is 0 Å². The predicted molar refractivity (Wildman–Crippen MR) is 97.2 cm³/mol. The van der Waals surface area contributed by atoms with E-state index in [1.165, 1.54) is 12.5 Å². The van der Waals surface area contributed by atoms with E-state index in [9.17, 15) is 9.59 Å². The van der Waals surface area contributed by atoms with Gasteiger partial charge in [-0.05, 0) is 42.1 Å². The molecule has 2 aromatic carbocycles. The largest absolute Gasteiger partial charge is 0.469 e. The maximum atomic E-state index is 12.2. The first-order chi connectivity index (χ1) is 12.2. The molecule has 0 radical (unpaired) electrons. The van der Waals surface area contributed by atoms with Crippen LogP contribution in [0.15, 0.2) is 42.5 Å². The van der Waals surface area contributed by atoms with E-state index in [1.54, 1.807) is 0 Å². The average molecular weight is 340 g/mol. The number of carbonyl (C=O) groups is 2. The third kappa shape index (κ3) is 4.37. The van der Waals surface area contributed by atoms with Crippen LogP contribution in [0.3, 0.4) is 0 Å². The van der Waals surface area contributed by atoms with Crippen LogP contribution in [0.25, 0.3) is 10.8 Å². The van der Waals surface area contributed by atoms with Gasteiger partial charge in [0, 0.05) is 6.54 Å². The molecule has 2 N–H and O–H groups in total. The van der Waals surface area contributed by atoms with Gasteiger partial charge in [-0.3, -0.25) is 9.59 Å². The minimum Gasteiger partial charge on any atom is -0.469 e. The number of hydrogen-bond donors (Lipinski definition) is 2. The highest BCUT2D eigenvalue weighted by molar-refractivity contribution is 5.84. The molecule has 1 aliphatic rings. The molecule has 25 heavy (non-hydrogen) atoms. The molecule has 1 saturated heterocycles. The van der Waals surface area contributed by atoms with Gasteiger partial charge >= 0.3 is 5.97 Å². The van der Waals surface area contributed by atoms with E-state index in [-0.39, 0.29) is 24.5 Å². The van der Waals surface area contributed by atoms with Crippen molar-refractivity contribution in [3.63, 3.8) is 0 Å². The molecule has 0 saturated carbocycles. The van der Waals surface area contributed by atoms with Crippen LogP contribution in [-0.2, 0) is 20.7 Å². The minimum atomic E-state index is -0.392. The number of hydrogen-bond acceptors (Lipinski definition) is 4. The quantitative estimate of drug-likeness (QED) is 0.790. The maximum absolute atomic E-state index is 12.2. The molecule has 0 spiro atoms. The Kier molecular flexibility index (Phi) is 5.66. The van der Waals surface area contributed by atoms with Gasteiger partial charge in [0.2, 0.25) is 5.91 Å². The lowest BCUT2D eigenvalue weighted by atomic mass is 9.97. The first kappa shape index (κ1) is 17.4. The summed E-state index contributed by atoms with van der Waals surface area (Å²) in [6, 6.07) is 14.2. The van der Waals surface area contributed by atoms with E-state index < -0.39 is 5.92 Å². The Hall–Kier alpha value is -2.40. The molecule has 132 valence electrons. The van der Waals surface area contributed by atoms with Crippen LogP contribution in [0.4, 0.5) is 0 Å². The van der Waals surface area contributed by atoms with Gasteiger partial charge in [0.1, 0.15) is 0 Å². The molecule has 1 aliphatic heterocycles. The van der Waals surface area contributed by atoms with E-state index in [0.29, 0.717) is 6.42 Å². The number of benzene rings is 2. The summed E-state index contributed by atoms with van der Waals surface area (Å²) >= 11 is 0. The summed E-state index contributed by atoms with van der Waals surface area (Å²) in [5.41, 5.74) is 1.06. The fourth-order valence-corrected chi connectivity index (χ4v) is 3.31. The Morgan fingerprint density at radius 2 is 2.04 bits per heavy atom. The van der Waals surface area contributed by atoms with Gasteiger partial charge in [0.05, 0.1) is 19.1 Å². The number of methoxy groups -OCH3 is 1. The summed E-state index contributed by atoms with van der Waals surface area (Å²) in [6.07, 6.45) is 2.39. The topological polar surface area (TPSA) is 67.4 Å². The third-order valence-electron chi connectivity index (χ3n) is 4.73. The van der Waals surface area contributed by atoms with Crippen LogP contribution in [0.2, 0.25) is 0 Å². The van der Waals surface area contributed by atoms with Gasteiger partial charge in [-0.25, -0.2) is 0 Å². The highest BCUT2D eigenvalue weighted by Gasteiger charge is 2.25. The summed E-state index contributed by atoms with van der Waals surface area (Å²) in [5.74, 6) is -0.728. The van der Waals surface area contributed by atoms with Crippen LogP contribution in [0, 0.1) is 5.92 Å². The van der Waals surface area contributed by atoms with E-state index in [0.717, 1.165) is 30.3 Å². The molecule has 1 amide bonds. The Bertz CT molecular complexity index is 753. The van der Waals surface area contributed by atoms with Gasteiger partial charge in [0.15, 0.2) is 0 Å². The minimum absolute atomic E-state index is 0.0371. The van der Waals surface area contributed by atoms with E-state index in [4.69, 9.17) is 4.74 Å². The van der Waals surface area contributed by atoms with Crippen molar-refractivity contribution in [2.24, 2.45) is 5.92 Å². The lowest BCUT2D eigenvalue weighted by molar-refractivity contribution is -0.145. The SMILES string of the molecule is COC(=O)C(CNC(=O)C1CCCN1)Cc1ccc2ccccc2c1. The van der Waals surface area contributed by atoms with Crippen LogP contribution < -0.4 is 10.6 Å². The maximum Gasteiger partial charge on any atom is 0.310 e. The molecule has 3 rings (SSSR count). The molecule has 0 bridgehead atoms. The first-order valence-electron chi connectivity index (χ1n) is 8.74. The standard InChI is InChI=1S/C20H24N2O3/c1-25-20(24)17(13-22-19(23)18-7-4-10-21-18)12-14-8-9-15-5-2-3-6-16(15)11-14/h2-3,5-6,8-9,11,17-18,21H,4,7,10,12-13H2,1H3,(H,22,23). The summed E-state index contributed by atoms with van der Waals surface area (Å²) in [7, 11) is 1.38. The Morgan fingerprint density at radius 1 is 1.24 bits per heavy atom. The fraction of sp³-hybridized carbons (Fsp3) is 0.400. The molecule has 0 aliphatic carbocycles. The zero-order valence-electron chi connectivity index (χ0n) is 14.5. The average Bonchev–Trinajstić information content (AvgIpc) is 3.19. The monoisotopic (exact) mass is 340 g/mol. The van der Waals surface area contributed by atoms with Crippen molar-refractivity contribution in [2.75, 3.05) is 20.2 Å². The molecule has 2 atom stereocenters. The number of carbonyl (C=O) groups excluding carboxylic acids is 2. The molecule has 2 aromatic rings. The first-order valence-corrected chi connectivity index (χ1v) is 8.74. The second kappa shape index (κ2) is 8.12. The fourth-order valence-electron chi connectivity index (χ4n) is 3.31. The van der Waals surface area contributed by atoms with Crippen molar-refractivity contribution >= 4 is 22.6 Å². The molecule has 5 nitrogen and oxygen atoms in total. The Labute approximate surface area is 147 Å². The van der Waals surface area contributed by atoms with Gasteiger partial charge in [0.25, 0.3) is 0 Å². The number of rotatable bonds is 6. The van der Waals surface area contributed by atoms with Crippen LogP contribution >= 0.6 is 0 Å². The zero-order valence-corrected chi connectivity index (χ0v) is 14.5. The van der Waals surface area contributed by atoms with Crippen LogP contribution in [0.1, 0.15) is 18.4 Å². The van der Waals surface area contributed by atoms with E-state index in [2.05, 4.69) is 34.9 Å². The highest BCUT2D eigenvalue weighted by atomic mass is 16.5. The lowest BCUT2D eigenvalue weighted by Gasteiger charge is -2.17. The second-order valence-corrected chi connectivity index (χ2v) is 6.50. The smallest absolute Gasteiger partial charge is 0.310 e. The van der Waals surface area contributed by atoms with Crippen LogP contribution in [-0.4, -0.2) is 38.1 Å². The number of esters is 1. The van der Waals surface area contributed by atoms with Gasteiger partial charge in [-0.1, -0.05) is 42.5 Å². The molecule has 5 heteroatoms. The summed E-state index contributed by atoms with van der Waals surface area (Å²) in [6.45, 7) is 1.16. The Balaban J connectivity index is 1.67. The third-order valence-corrected chi connectivity index (χ3v) is 4.73. The molecular weight excluding hydrogens is 316 g/mol. The number of fused-ring (bicyclic) bond motifs is 1.